The van der Waals surface area contributed by atoms with Crippen LogP contribution >= 0.6 is 11.3 Å². The highest BCUT2D eigenvalue weighted by Gasteiger charge is 2.23. The van der Waals surface area contributed by atoms with Gasteiger partial charge in [0.25, 0.3) is 0 Å². The molecule has 0 saturated heterocycles. The van der Waals surface area contributed by atoms with E-state index in [1.165, 1.54) is 35.1 Å². The van der Waals surface area contributed by atoms with E-state index >= 15 is 0 Å². The van der Waals surface area contributed by atoms with Crippen molar-refractivity contribution < 1.29 is 0 Å². The number of aryl methyl sites for hydroxylation is 1. The van der Waals surface area contributed by atoms with E-state index in [-0.39, 0.29) is 0 Å². The van der Waals surface area contributed by atoms with Gasteiger partial charge in [0.15, 0.2) is 0 Å². The molecule has 2 heterocycles. The lowest BCUT2D eigenvalue weighted by Crippen LogP contribution is -2.13. The molecule has 0 N–H and O–H groups in total. The Morgan fingerprint density at radius 1 is 1.35 bits per heavy atom. The SMILES string of the molecule is C[C@@H]1CCc2c(sc3ncnc(N(C)C)c23)C1. The largest absolute Gasteiger partial charge is 0.362 e. The molecule has 90 valence electrons. The Hall–Kier alpha value is -1.16. The van der Waals surface area contributed by atoms with Crippen molar-refractivity contribution in [2.45, 2.75) is 26.2 Å². The molecule has 0 fully saturated rings. The van der Waals surface area contributed by atoms with Crippen LogP contribution in [0.1, 0.15) is 23.8 Å². The summed E-state index contributed by atoms with van der Waals surface area (Å²) in [7, 11) is 4.11. The van der Waals surface area contributed by atoms with Crippen LogP contribution in [0.3, 0.4) is 0 Å². The van der Waals surface area contributed by atoms with Crippen LogP contribution in [0.5, 0.6) is 0 Å². The molecule has 0 bridgehead atoms. The summed E-state index contributed by atoms with van der Waals surface area (Å²) in [5.74, 6) is 1.88. The molecule has 0 aromatic carbocycles. The predicted octanol–water partition coefficient (Wildman–Crippen LogP) is 2.88. The van der Waals surface area contributed by atoms with Crippen LogP contribution in [-0.2, 0) is 12.8 Å². The molecule has 2 aromatic rings. The van der Waals surface area contributed by atoms with Gasteiger partial charge in [-0.1, -0.05) is 6.92 Å². The van der Waals surface area contributed by atoms with E-state index < -0.39 is 0 Å². The average Bonchev–Trinajstić information content (AvgIpc) is 2.65. The third kappa shape index (κ3) is 1.71. The van der Waals surface area contributed by atoms with E-state index in [0.29, 0.717) is 0 Å². The minimum atomic E-state index is 0.811. The molecule has 3 rings (SSSR count). The average molecular weight is 247 g/mol. The van der Waals surface area contributed by atoms with Crippen LogP contribution in [0.4, 0.5) is 5.82 Å². The fourth-order valence-corrected chi connectivity index (χ4v) is 3.94. The number of hydrogen-bond donors (Lipinski definition) is 0. The molecule has 1 aliphatic carbocycles. The lowest BCUT2D eigenvalue weighted by molar-refractivity contribution is 0.509. The Morgan fingerprint density at radius 2 is 2.18 bits per heavy atom. The normalized spacial score (nSPS) is 19.4. The van der Waals surface area contributed by atoms with Crippen LogP contribution < -0.4 is 4.90 Å². The number of fused-ring (bicyclic) bond motifs is 3. The van der Waals surface area contributed by atoms with Gasteiger partial charge in [-0.25, -0.2) is 9.97 Å². The van der Waals surface area contributed by atoms with Gasteiger partial charge >= 0.3 is 0 Å². The van der Waals surface area contributed by atoms with Gasteiger partial charge in [-0.3, -0.25) is 0 Å². The Kier molecular flexibility index (Phi) is 2.54. The molecule has 0 spiro atoms. The van der Waals surface area contributed by atoms with Gasteiger partial charge in [0.05, 0.1) is 5.39 Å². The van der Waals surface area contributed by atoms with Crippen LogP contribution in [0.15, 0.2) is 6.33 Å². The second kappa shape index (κ2) is 3.95. The molecule has 0 saturated carbocycles. The van der Waals surface area contributed by atoms with Crippen LogP contribution in [0, 0.1) is 5.92 Å². The highest BCUT2D eigenvalue weighted by Crippen LogP contribution is 2.39. The number of hydrogen-bond acceptors (Lipinski definition) is 4. The molecular formula is C13H17N3S. The first kappa shape index (κ1) is 11.0. The van der Waals surface area contributed by atoms with E-state index in [0.717, 1.165) is 16.6 Å². The van der Waals surface area contributed by atoms with Gasteiger partial charge in [0, 0.05) is 19.0 Å². The van der Waals surface area contributed by atoms with E-state index in [4.69, 9.17) is 0 Å². The van der Waals surface area contributed by atoms with Gasteiger partial charge in [-0.05, 0) is 30.7 Å². The smallest absolute Gasteiger partial charge is 0.140 e. The quantitative estimate of drug-likeness (QED) is 0.776. The summed E-state index contributed by atoms with van der Waals surface area (Å²) in [4.78, 5) is 13.6. The lowest BCUT2D eigenvalue weighted by Gasteiger charge is -2.19. The summed E-state index contributed by atoms with van der Waals surface area (Å²) in [5, 5.41) is 1.30. The van der Waals surface area contributed by atoms with Crippen molar-refractivity contribution in [3.05, 3.63) is 16.8 Å². The van der Waals surface area contributed by atoms with Crippen molar-refractivity contribution in [3.8, 4) is 0 Å². The molecule has 1 aliphatic rings. The summed E-state index contributed by atoms with van der Waals surface area (Å²) in [6, 6.07) is 0. The maximum absolute atomic E-state index is 4.44. The molecule has 2 aromatic heterocycles. The predicted molar refractivity (Wildman–Crippen MR) is 72.9 cm³/mol. The second-order valence-corrected chi connectivity index (χ2v) is 6.21. The summed E-state index contributed by atoms with van der Waals surface area (Å²) in [5.41, 5.74) is 1.51. The molecule has 0 amide bonds. The van der Waals surface area contributed by atoms with E-state index in [9.17, 15) is 0 Å². The molecular weight excluding hydrogens is 230 g/mol. The van der Waals surface area contributed by atoms with Crippen molar-refractivity contribution in [2.75, 3.05) is 19.0 Å². The first-order valence-electron chi connectivity index (χ1n) is 6.09. The van der Waals surface area contributed by atoms with Crippen molar-refractivity contribution >= 4 is 27.4 Å². The molecule has 0 radical (unpaired) electrons. The van der Waals surface area contributed by atoms with Gasteiger partial charge in [-0.15, -0.1) is 11.3 Å². The maximum Gasteiger partial charge on any atom is 0.140 e. The number of anilines is 1. The van der Waals surface area contributed by atoms with Crippen molar-refractivity contribution in [1.29, 1.82) is 0 Å². The summed E-state index contributed by atoms with van der Waals surface area (Å²) in [6.45, 7) is 2.34. The zero-order valence-electron chi connectivity index (χ0n) is 10.5. The van der Waals surface area contributed by atoms with Crippen molar-refractivity contribution in [1.82, 2.24) is 9.97 Å². The minimum Gasteiger partial charge on any atom is -0.362 e. The highest BCUT2D eigenvalue weighted by atomic mass is 32.1. The Morgan fingerprint density at radius 3 is 2.94 bits per heavy atom. The second-order valence-electron chi connectivity index (χ2n) is 5.12. The van der Waals surface area contributed by atoms with Crippen molar-refractivity contribution in [2.24, 2.45) is 5.92 Å². The minimum absolute atomic E-state index is 0.811. The van der Waals surface area contributed by atoms with Gasteiger partial charge < -0.3 is 4.90 Å². The van der Waals surface area contributed by atoms with E-state index in [2.05, 4.69) is 35.9 Å². The zero-order chi connectivity index (χ0) is 12.0. The first-order valence-corrected chi connectivity index (χ1v) is 6.91. The third-order valence-electron chi connectivity index (χ3n) is 3.50. The van der Waals surface area contributed by atoms with Gasteiger partial charge in [0.1, 0.15) is 17.0 Å². The zero-order valence-corrected chi connectivity index (χ0v) is 11.3. The molecule has 1 atom stereocenters. The Balaban J connectivity index is 2.26. The number of aromatic nitrogens is 2. The maximum atomic E-state index is 4.44. The topological polar surface area (TPSA) is 29.0 Å². The fraction of sp³-hybridized carbons (Fsp3) is 0.538. The lowest BCUT2D eigenvalue weighted by atomic mass is 9.89. The summed E-state index contributed by atoms with van der Waals surface area (Å²) < 4.78 is 0. The van der Waals surface area contributed by atoms with E-state index in [1.807, 2.05) is 11.3 Å². The van der Waals surface area contributed by atoms with Crippen LogP contribution in [-0.4, -0.2) is 24.1 Å². The first-order chi connectivity index (χ1) is 8.16. The monoisotopic (exact) mass is 247 g/mol. The molecule has 3 nitrogen and oxygen atoms in total. The standard InChI is InChI=1S/C13H17N3S/c1-8-4-5-9-10(6-8)17-13-11(9)12(16(2)3)14-7-15-13/h7-8H,4-6H2,1-3H3/t8-/m1/s1. The number of nitrogens with zero attached hydrogens (tertiary/aromatic N) is 3. The van der Waals surface area contributed by atoms with Crippen LogP contribution in [0.2, 0.25) is 0 Å². The summed E-state index contributed by atoms with van der Waals surface area (Å²) >= 11 is 1.86. The van der Waals surface area contributed by atoms with Crippen LogP contribution in [0.25, 0.3) is 10.2 Å². The van der Waals surface area contributed by atoms with E-state index in [1.54, 1.807) is 6.33 Å². The number of rotatable bonds is 1. The number of thiophene rings is 1. The fourth-order valence-electron chi connectivity index (χ4n) is 2.60. The summed E-state index contributed by atoms with van der Waals surface area (Å²) in [6.07, 6.45) is 5.37. The molecule has 0 unspecified atom stereocenters. The molecule has 0 aliphatic heterocycles. The highest BCUT2D eigenvalue weighted by molar-refractivity contribution is 7.19. The van der Waals surface area contributed by atoms with Crippen molar-refractivity contribution in [3.63, 3.8) is 0 Å². The van der Waals surface area contributed by atoms with Gasteiger partial charge in [0.2, 0.25) is 0 Å². The Bertz CT molecular complexity index is 559. The Labute approximate surface area is 106 Å². The molecule has 17 heavy (non-hydrogen) atoms. The van der Waals surface area contributed by atoms with Gasteiger partial charge in [-0.2, -0.15) is 0 Å². The third-order valence-corrected chi connectivity index (χ3v) is 4.66. The molecule has 4 heteroatoms.